The summed E-state index contributed by atoms with van der Waals surface area (Å²) in [4.78, 5) is 22.8. The lowest BCUT2D eigenvalue weighted by molar-refractivity contribution is -0.144. The minimum atomic E-state index is -0.959. The summed E-state index contributed by atoms with van der Waals surface area (Å²) in [6.07, 6.45) is 0.250. The zero-order valence-electron chi connectivity index (χ0n) is 11.9. The van der Waals surface area contributed by atoms with Crippen molar-refractivity contribution in [2.45, 2.75) is 24.9 Å². The predicted molar refractivity (Wildman–Crippen MR) is 75.0 cm³/mol. The minimum absolute atomic E-state index is 0.145. The first-order chi connectivity index (χ1) is 9.96. The summed E-state index contributed by atoms with van der Waals surface area (Å²) in [5.41, 5.74) is 7.94. The highest BCUT2D eigenvalue weighted by molar-refractivity contribution is 5.77. The maximum absolute atomic E-state index is 11.7. The van der Waals surface area contributed by atoms with E-state index in [4.69, 9.17) is 20.3 Å². The fourth-order valence-corrected chi connectivity index (χ4v) is 2.59. The van der Waals surface area contributed by atoms with Gasteiger partial charge in [-0.05, 0) is 29.7 Å². The van der Waals surface area contributed by atoms with Crippen LogP contribution in [0.2, 0.25) is 0 Å². The summed E-state index contributed by atoms with van der Waals surface area (Å²) in [7, 11) is 2.80. The molecule has 1 aliphatic rings. The molecule has 1 aromatic carbocycles. The maximum atomic E-state index is 11.7. The molecular formula is C14H18N2O5. The molecule has 0 spiro atoms. The van der Waals surface area contributed by atoms with Crippen LogP contribution in [-0.4, -0.2) is 37.3 Å². The van der Waals surface area contributed by atoms with Crippen molar-refractivity contribution >= 4 is 17.6 Å². The molecule has 1 heterocycles. The fourth-order valence-electron chi connectivity index (χ4n) is 2.59. The van der Waals surface area contributed by atoms with Gasteiger partial charge >= 0.3 is 11.9 Å². The van der Waals surface area contributed by atoms with Crippen LogP contribution in [0.25, 0.3) is 0 Å². The fraction of sp³-hybridized carbons (Fsp3) is 0.429. The zero-order chi connectivity index (χ0) is 15.6. The molecular weight excluding hydrogens is 276 g/mol. The van der Waals surface area contributed by atoms with Crippen molar-refractivity contribution in [1.82, 2.24) is 5.32 Å². The number of aliphatic carboxylic acids is 1. The second kappa shape index (κ2) is 6.01. The van der Waals surface area contributed by atoms with Crippen LogP contribution in [0.1, 0.15) is 23.6 Å². The number of carboxylic acids is 1. The summed E-state index contributed by atoms with van der Waals surface area (Å²) < 4.78 is 9.90. The molecule has 0 fully saturated rings. The highest BCUT2D eigenvalue weighted by atomic mass is 16.5. The van der Waals surface area contributed by atoms with Crippen molar-refractivity contribution in [3.8, 4) is 5.75 Å². The molecule has 1 aromatic rings. The number of ether oxygens (including phenoxy) is 2. The van der Waals surface area contributed by atoms with Gasteiger partial charge in [0.25, 0.3) is 0 Å². The number of carboxylic acid groups (broad SMARTS) is 1. The Hall–Kier alpha value is -2.28. The number of nitrogen functional groups attached to an aromatic ring is 1. The molecule has 4 N–H and O–H groups in total. The van der Waals surface area contributed by atoms with Crippen molar-refractivity contribution in [3.05, 3.63) is 23.3 Å². The van der Waals surface area contributed by atoms with Gasteiger partial charge in [0.15, 0.2) is 0 Å². The van der Waals surface area contributed by atoms with Gasteiger partial charge in [-0.15, -0.1) is 0 Å². The number of rotatable bonds is 4. The van der Waals surface area contributed by atoms with Crippen LogP contribution >= 0.6 is 0 Å². The van der Waals surface area contributed by atoms with Gasteiger partial charge in [-0.2, -0.15) is 0 Å². The molecule has 114 valence electrons. The smallest absolute Gasteiger partial charge is 0.323 e. The van der Waals surface area contributed by atoms with Crippen LogP contribution < -0.4 is 15.8 Å². The summed E-state index contributed by atoms with van der Waals surface area (Å²) in [5.74, 6) is -0.896. The molecule has 21 heavy (non-hydrogen) atoms. The molecule has 2 atom stereocenters. The van der Waals surface area contributed by atoms with Crippen LogP contribution in [0.4, 0.5) is 5.69 Å². The lowest BCUT2D eigenvalue weighted by atomic mass is 9.88. The third-order valence-corrected chi connectivity index (χ3v) is 3.56. The van der Waals surface area contributed by atoms with Crippen molar-refractivity contribution in [3.63, 3.8) is 0 Å². The standard InChI is InChI=1S/C14H18N2O5/c1-20-12-5-8-7(3-9(12)15)4-11(14(19)21-2)16-10(8)6-13(17)18/h3,5,10-11,16H,4,6,15H2,1-2H3,(H,17,18)/t10?,11-/m0/s1. The highest BCUT2D eigenvalue weighted by Gasteiger charge is 2.33. The van der Waals surface area contributed by atoms with E-state index >= 15 is 0 Å². The topological polar surface area (TPSA) is 111 Å². The lowest BCUT2D eigenvalue weighted by Crippen LogP contribution is -2.45. The van der Waals surface area contributed by atoms with Crippen molar-refractivity contribution in [2.24, 2.45) is 0 Å². The number of fused-ring (bicyclic) bond motifs is 1. The second-order valence-corrected chi connectivity index (χ2v) is 4.89. The molecule has 0 bridgehead atoms. The normalized spacial score (nSPS) is 20.5. The number of methoxy groups -OCH3 is 2. The number of nitrogens with two attached hydrogens (primary N) is 1. The molecule has 0 saturated heterocycles. The van der Waals surface area contributed by atoms with Gasteiger partial charge in [0, 0.05) is 6.04 Å². The molecule has 2 rings (SSSR count). The molecule has 0 aliphatic carbocycles. The Morgan fingerprint density at radius 3 is 2.71 bits per heavy atom. The van der Waals surface area contributed by atoms with E-state index in [-0.39, 0.29) is 6.42 Å². The zero-order valence-corrected chi connectivity index (χ0v) is 11.9. The van der Waals surface area contributed by atoms with Gasteiger partial charge in [-0.1, -0.05) is 0 Å². The Bertz CT molecular complexity index is 573. The molecule has 0 radical (unpaired) electrons. The number of hydrogen-bond donors (Lipinski definition) is 3. The Morgan fingerprint density at radius 1 is 1.43 bits per heavy atom. The van der Waals surface area contributed by atoms with Gasteiger partial charge in [0.05, 0.1) is 26.3 Å². The summed E-state index contributed by atoms with van der Waals surface area (Å²) in [6, 6.07) is 2.36. The molecule has 0 aromatic heterocycles. The third kappa shape index (κ3) is 3.08. The molecule has 1 unspecified atom stereocenters. The number of carbonyl (C=O) groups excluding carboxylic acids is 1. The van der Waals surface area contributed by atoms with Crippen LogP contribution in [0.3, 0.4) is 0 Å². The SMILES string of the molecule is COC(=O)[C@@H]1Cc2cc(N)c(OC)cc2C(CC(=O)O)N1. The van der Waals surface area contributed by atoms with E-state index in [2.05, 4.69) is 5.32 Å². The number of esters is 1. The van der Waals surface area contributed by atoms with Gasteiger partial charge in [0.2, 0.25) is 0 Å². The van der Waals surface area contributed by atoms with E-state index in [1.54, 1.807) is 12.1 Å². The van der Waals surface area contributed by atoms with Crippen molar-refractivity contribution in [2.75, 3.05) is 20.0 Å². The monoisotopic (exact) mass is 294 g/mol. The van der Waals surface area contributed by atoms with Gasteiger partial charge < -0.3 is 20.3 Å². The highest BCUT2D eigenvalue weighted by Crippen LogP contribution is 2.34. The first-order valence-electron chi connectivity index (χ1n) is 6.48. The van der Waals surface area contributed by atoms with Gasteiger partial charge in [-0.25, -0.2) is 0 Å². The number of hydrogen-bond acceptors (Lipinski definition) is 6. The van der Waals surface area contributed by atoms with E-state index in [1.165, 1.54) is 14.2 Å². The Morgan fingerprint density at radius 2 is 2.14 bits per heavy atom. The lowest BCUT2D eigenvalue weighted by Gasteiger charge is -2.31. The predicted octanol–water partition coefficient (Wildman–Crippen LogP) is 0.480. The first-order valence-corrected chi connectivity index (χ1v) is 6.48. The summed E-state index contributed by atoms with van der Waals surface area (Å²) in [6.45, 7) is 0. The molecule has 0 saturated carbocycles. The second-order valence-electron chi connectivity index (χ2n) is 4.89. The summed E-state index contributed by atoms with van der Waals surface area (Å²) >= 11 is 0. The average Bonchev–Trinajstić information content (AvgIpc) is 2.44. The molecule has 7 heteroatoms. The van der Waals surface area contributed by atoms with Crippen molar-refractivity contribution in [1.29, 1.82) is 0 Å². The largest absolute Gasteiger partial charge is 0.495 e. The maximum Gasteiger partial charge on any atom is 0.323 e. The van der Waals surface area contributed by atoms with E-state index < -0.39 is 24.0 Å². The third-order valence-electron chi connectivity index (χ3n) is 3.56. The van der Waals surface area contributed by atoms with Gasteiger partial charge in [0.1, 0.15) is 11.8 Å². The number of carbonyl (C=O) groups is 2. The van der Waals surface area contributed by atoms with Crippen LogP contribution in [0.5, 0.6) is 5.75 Å². The van der Waals surface area contributed by atoms with E-state index in [9.17, 15) is 9.59 Å². The van der Waals surface area contributed by atoms with E-state index in [0.717, 1.165) is 11.1 Å². The Kier molecular flexibility index (Phi) is 4.32. The van der Waals surface area contributed by atoms with Crippen LogP contribution in [-0.2, 0) is 20.7 Å². The quantitative estimate of drug-likeness (QED) is 0.547. The van der Waals surface area contributed by atoms with Gasteiger partial charge in [-0.3, -0.25) is 14.9 Å². The molecule has 0 amide bonds. The number of benzene rings is 1. The Labute approximate surface area is 122 Å². The van der Waals surface area contributed by atoms with Crippen LogP contribution in [0.15, 0.2) is 12.1 Å². The minimum Gasteiger partial charge on any atom is -0.495 e. The molecule has 1 aliphatic heterocycles. The van der Waals surface area contributed by atoms with E-state index in [1.807, 2.05) is 0 Å². The Balaban J connectivity index is 2.42. The average molecular weight is 294 g/mol. The first kappa shape index (κ1) is 15.1. The van der Waals surface area contributed by atoms with E-state index in [0.29, 0.717) is 17.9 Å². The van der Waals surface area contributed by atoms with Crippen LogP contribution in [0, 0.1) is 0 Å². The van der Waals surface area contributed by atoms with Crippen molar-refractivity contribution < 1.29 is 24.2 Å². The number of nitrogens with one attached hydrogen (secondary N) is 1. The molecule has 7 nitrogen and oxygen atoms in total. The summed E-state index contributed by atoms with van der Waals surface area (Å²) in [5, 5.41) is 12.1. The number of anilines is 1.